The van der Waals surface area contributed by atoms with E-state index in [1.54, 1.807) is 12.1 Å². The molecule has 0 radical (unpaired) electrons. The number of hydrogen-bond acceptors (Lipinski definition) is 4. The summed E-state index contributed by atoms with van der Waals surface area (Å²) in [5.41, 5.74) is 0. The van der Waals surface area contributed by atoms with Crippen molar-refractivity contribution >= 4 is 10.0 Å². The summed E-state index contributed by atoms with van der Waals surface area (Å²) in [4.78, 5) is 1.87. The van der Waals surface area contributed by atoms with E-state index < -0.39 is 10.0 Å². The molecular weight excluding hydrogens is 276 g/mol. The zero-order chi connectivity index (χ0) is 15.3. The van der Waals surface area contributed by atoms with Gasteiger partial charge in [0.05, 0.1) is 0 Å². The Labute approximate surface area is 121 Å². The van der Waals surface area contributed by atoms with Gasteiger partial charge in [-0.2, -0.15) is 0 Å². The minimum Gasteiger partial charge on any atom is -0.507 e. The Balaban J connectivity index is 2.94. The molecule has 0 saturated carbocycles. The highest BCUT2D eigenvalue weighted by Crippen LogP contribution is 2.22. The normalized spacial score (nSPS) is 13.9. The molecule has 20 heavy (non-hydrogen) atoms. The third-order valence-electron chi connectivity index (χ3n) is 2.82. The fourth-order valence-electron chi connectivity index (χ4n) is 2.14. The zero-order valence-electron chi connectivity index (χ0n) is 12.5. The van der Waals surface area contributed by atoms with Crippen LogP contribution in [-0.4, -0.2) is 45.1 Å². The number of likely N-dealkylation sites (N-methyl/N-ethyl adjacent to an activating group) is 1. The first-order valence-electron chi connectivity index (χ1n) is 6.67. The molecule has 0 bridgehead atoms. The van der Waals surface area contributed by atoms with Crippen LogP contribution in [0.4, 0.5) is 0 Å². The maximum atomic E-state index is 12.3. The zero-order valence-corrected chi connectivity index (χ0v) is 13.3. The topological polar surface area (TPSA) is 69.6 Å². The number of aromatic hydroxyl groups is 1. The molecule has 0 aliphatic rings. The van der Waals surface area contributed by atoms with Crippen LogP contribution in [0, 0.1) is 5.92 Å². The van der Waals surface area contributed by atoms with Gasteiger partial charge in [-0.25, -0.2) is 13.1 Å². The first kappa shape index (κ1) is 16.9. The van der Waals surface area contributed by atoms with Crippen LogP contribution >= 0.6 is 0 Å². The molecular formula is C14H24N2O3S. The molecule has 0 heterocycles. The minimum atomic E-state index is -3.71. The van der Waals surface area contributed by atoms with Crippen LogP contribution in [0.1, 0.15) is 20.3 Å². The Hall–Kier alpha value is -1.11. The molecule has 0 fully saturated rings. The second-order valence-corrected chi connectivity index (χ2v) is 7.36. The van der Waals surface area contributed by atoms with Gasteiger partial charge in [-0.1, -0.05) is 26.0 Å². The second kappa shape index (κ2) is 7.06. The van der Waals surface area contributed by atoms with Gasteiger partial charge >= 0.3 is 0 Å². The first-order valence-corrected chi connectivity index (χ1v) is 8.15. The van der Waals surface area contributed by atoms with Crippen LogP contribution in [0.25, 0.3) is 0 Å². The van der Waals surface area contributed by atoms with Gasteiger partial charge in [0.1, 0.15) is 10.6 Å². The first-order chi connectivity index (χ1) is 9.22. The second-order valence-electron chi connectivity index (χ2n) is 5.68. The van der Waals surface area contributed by atoms with E-state index in [1.165, 1.54) is 12.1 Å². The molecule has 114 valence electrons. The number of hydrogen-bond donors (Lipinski definition) is 2. The number of phenols is 1. The fraction of sp³-hybridized carbons (Fsp3) is 0.571. The van der Waals surface area contributed by atoms with Gasteiger partial charge in [-0.3, -0.25) is 0 Å². The summed E-state index contributed by atoms with van der Waals surface area (Å²) in [5, 5.41) is 9.69. The molecule has 0 aliphatic heterocycles. The van der Waals surface area contributed by atoms with Crippen molar-refractivity contribution in [3.05, 3.63) is 24.3 Å². The largest absolute Gasteiger partial charge is 0.507 e. The molecule has 2 N–H and O–H groups in total. The maximum Gasteiger partial charge on any atom is 0.244 e. The summed E-state index contributed by atoms with van der Waals surface area (Å²) in [5.74, 6) is 0.153. The summed E-state index contributed by atoms with van der Waals surface area (Å²) in [7, 11) is 0.101. The van der Waals surface area contributed by atoms with Crippen molar-refractivity contribution in [2.24, 2.45) is 5.92 Å². The van der Waals surface area contributed by atoms with E-state index in [9.17, 15) is 13.5 Å². The van der Waals surface area contributed by atoms with E-state index in [1.807, 2.05) is 19.0 Å². The van der Waals surface area contributed by atoms with Crippen LogP contribution in [0.3, 0.4) is 0 Å². The Kier molecular flexibility index (Phi) is 5.98. The monoisotopic (exact) mass is 300 g/mol. The molecule has 0 spiro atoms. The van der Waals surface area contributed by atoms with Crippen molar-refractivity contribution < 1.29 is 13.5 Å². The molecule has 0 aliphatic carbocycles. The molecule has 1 aromatic rings. The van der Waals surface area contributed by atoms with Crippen molar-refractivity contribution in [1.29, 1.82) is 0 Å². The molecule has 0 amide bonds. The third-order valence-corrected chi connectivity index (χ3v) is 4.39. The lowest BCUT2D eigenvalue weighted by Gasteiger charge is -2.24. The van der Waals surface area contributed by atoms with Crippen molar-refractivity contribution in [2.45, 2.75) is 31.2 Å². The number of sulfonamides is 1. The van der Waals surface area contributed by atoms with Crippen LogP contribution < -0.4 is 4.72 Å². The average Bonchev–Trinajstić information content (AvgIpc) is 2.26. The molecule has 6 heteroatoms. The number of nitrogens with zero attached hydrogens (tertiary/aromatic N) is 1. The average molecular weight is 300 g/mol. The van der Waals surface area contributed by atoms with Gasteiger partial charge in [-0.15, -0.1) is 0 Å². The van der Waals surface area contributed by atoms with Crippen LogP contribution in [0.2, 0.25) is 0 Å². The van der Waals surface area contributed by atoms with Gasteiger partial charge in [0, 0.05) is 12.6 Å². The van der Waals surface area contributed by atoms with E-state index in [0.717, 1.165) is 6.42 Å². The molecule has 5 nitrogen and oxygen atoms in total. The van der Waals surface area contributed by atoms with Crippen molar-refractivity contribution in [3.63, 3.8) is 0 Å². The van der Waals surface area contributed by atoms with Crippen molar-refractivity contribution in [1.82, 2.24) is 9.62 Å². The number of nitrogens with one attached hydrogen (secondary N) is 1. The summed E-state index contributed by atoms with van der Waals surface area (Å²) >= 11 is 0. The molecule has 1 atom stereocenters. The Morgan fingerprint density at radius 3 is 2.35 bits per heavy atom. The van der Waals surface area contributed by atoms with Gasteiger partial charge in [0.15, 0.2) is 0 Å². The lowest BCUT2D eigenvalue weighted by Crippen LogP contribution is -2.42. The standard InChI is InChI=1S/C14H24N2O3S/c1-11(2)9-12(10-16(3)4)15-20(18,19)14-8-6-5-7-13(14)17/h5-8,11-12,15,17H,9-10H2,1-4H3. The fourth-order valence-corrected chi connectivity index (χ4v) is 3.47. The third kappa shape index (κ3) is 5.11. The van der Waals surface area contributed by atoms with Gasteiger partial charge in [0.25, 0.3) is 0 Å². The van der Waals surface area contributed by atoms with Crippen LogP contribution in [0.15, 0.2) is 29.2 Å². The van der Waals surface area contributed by atoms with Gasteiger partial charge in [0.2, 0.25) is 10.0 Å². The lowest BCUT2D eigenvalue weighted by molar-refractivity contribution is 0.329. The predicted molar refractivity (Wildman–Crippen MR) is 80.2 cm³/mol. The summed E-state index contributed by atoms with van der Waals surface area (Å²) in [6.07, 6.45) is 0.741. The van der Waals surface area contributed by atoms with E-state index in [2.05, 4.69) is 18.6 Å². The Morgan fingerprint density at radius 2 is 1.85 bits per heavy atom. The lowest BCUT2D eigenvalue weighted by atomic mass is 10.0. The van der Waals surface area contributed by atoms with E-state index >= 15 is 0 Å². The minimum absolute atomic E-state index is 0.0764. The Bertz CT molecular complexity index is 517. The number of benzene rings is 1. The Morgan fingerprint density at radius 1 is 1.25 bits per heavy atom. The molecule has 1 unspecified atom stereocenters. The van der Waals surface area contributed by atoms with Crippen LogP contribution in [-0.2, 0) is 10.0 Å². The van der Waals surface area contributed by atoms with E-state index in [4.69, 9.17) is 0 Å². The van der Waals surface area contributed by atoms with Crippen LogP contribution in [0.5, 0.6) is 5.75 Å². The molecule has 1 aromatic carbocycles. The molecule has 1 rings (SSSR count). The van der Waals surface area contributed by atoms with Crippen molar-refractivity contribution in [3.8, 4) is 5.75 Å². The number of phenolic OH excluding ortho intramolecular Hbond substituents is 1. The van der Waals surface area contributed by atoms with Gasteiger partial charge in [-0.05, 0) is 38.6 Å². The SMILES string of the molecule is CC(C)CC(CN(C)C)NS(=O)(=O)c1ccccc1O. The maximum absolute atomic E-state index is 12.3. The predicted octanol–water partition coefficient (Wildman–Crippen LogP) is 1.65. The highest BCUT2D eigenvalue weighted by molar-refractivity contribution is 7.89. The number of rotatable bonds is 7. The summed E-state index contributed by atoms with van der Waals surface area (Å²) < 4.78 is 27.4. The van der Waals surface area contributed by atoms with Gasteiger partial charge < -0.3 is 10.0 Å². The summed E-state index contributed by atoms with van der Waals surface area (Å²) in [6.45, 7) is 4.72. The quantitative estimate of drug-likeness (QED) is 0.803. The highest BCUT2D eigenvalue weighted by Gasteiger charge is 2.23. The number of para-hydroxylation sites is 1. The molecule has 0 aromatic heterocycles. The highest BCUT2D eigenvalue weighted by atomic mass is 32.2. The molecule has 0 saturated heterocycles. The van der Waals surface area contributed by atoms with E-state index in [-0.39, 0.29) is 16.7 Å². The van der Waals surface area contributed by atoms with E-state index in [0.29, 0.717) is 12.5 Å². The van der Waals surface area contributed by atoms with Crippen molar-refractivity contribution in [2.75, 3.05) is 20.6 Å². The smallest absolute Gasteiger partial charge is 0.244 e. The summed E-state index contributed by atoms with van der Waals surface area (Å²) in [6, 6.07) is 5.78.